The van der Waals surface area contributed by atoms with Crippen molar-refractivity contribution in [3.8, 4) is 11.5 Å². The number of carbonyl (C=O) groups is 1. The van der Waals surface area contributed by atoms with Crippen molar-refractivity contribution in [3.63, 3.8) is 0 Å². The number of fused-ring (bicyclic) bond motifs is 2. The maximum absolute atomic E-state index is 13.1. The molecular weight excluding hydrogens is 474 g/mol. The molecule has 1 aromatic carbocycles. The van der Waals surface area contributed by atoms with Crippen LogP contribution in [-0.2, 0) is 11.2 Å². The Morgan fingerprint density at radius 2 is 2.03 bits per heavy atom. The third kappa shape index (κ3) is 4.70. The smallest absolute Gasteiger partial charge is 0.225 e. The fourth-order valence-electron chi connectivity index (χ4n) is 6.63. The number of benzene rings is 1. The maximum atomic E-state index is 13.1. The summed E-state index contributed by atoms with van der Waals surface area (Å²) in [5, 5.41) is 16.0. The van der Waals surface area contributed by atoms with Crippen molar-refractivity contribution < 1.29 is 19.4 Å². The number of amides is 1. The monoisotopic (exact) mass is 515 g/mol. The highest BCUT2D eigenvalue weighted by Crippen LogP contribution is 2.57. The third-order valence-corrected chi connectivity index (χ3v) is 9.66. The van der Waals surface area contributed by atoms with Crippen LogP contribution < -0.4 is 14.8 Å². The molecule has 0 spiro atoms. The molecule has 36 heavy (non-hydrogen) atoms. The number of nitrogens with zero attached hydrogens (tertiary/aromatic N) is 2. The largest absolute Gasteiger partial charge is 0.497 e. The Kier molecular flexibility index (Phi) is 7.86. The first kappa shape index (κ1) is 26.7. The van der Waals surface area contributed by atoms with E-state index in [1.165, 1.54) is 4.88 Å². The minimum atomic E-state index is -0.530. The second-order valence-electron chi connectivity index (χ2n) is 10.7. The zero-order valence-electron chi connectivity index (χ0n) is 22.6. The van der Waals surface area contributed by atoms with Crippen LogP contribution in [0.2, 0.25) is 0 Å². The van der Waals surface area contributed by atoms with E-state index in [1.807, 2.05) is 43.9 Å². The number of hydrogen-bond donors (Lipinski definition) is 2. The van der Waals surface area contributed by atoms with E-state index in [4.69, 9.17) is 14.5 Å². The summed E-state index contributed by atoms with van der Waals surface area (Å²) in [5.74, 6) is 1.58. The second-order valence-corrected chi connectivity index (χ2v) is 11.7. The Morgan fingerprint density at radius 3 is 2.67 bits per heavy atom. The van der Waals surface area contributed by atoms with Crippen molar-refractivity contribution in [3.05, 3.63) is 28.8 Å². The highest BCUT2D eigenvalue weighted by atomic mass is 32.1. The summed E-state index contributed by atoms with van der Waals surface area (Å²) < 4.78 is 10.9. The van der Waals surface area contributed by atoms with Gasteiger partial charge in [0.1, 0.15) is 11.5 Å². The van der Waals surface area contributed by atoms with Crippen molar-refractivity contribution >= 4 is 28.1 Å². The van der Waals surface area contributed by atoms with Gasteiger partial charge in [0.15, 0.2) is 5.13 Å². The summed E-state index contributed by atoms with van der Waals surface area (Å²) in [6.07, 6.45) is 2.24. The number of rotatable bonds is 8. The summed E-state index contributed by atoms with van der Waals surface area (Å²) in [6.45, 7) is 11.9. The van der Waals surface area contributed by atoms with Gasteiger partial charge in [0.25, 0.3) is 0 Å². The number of aliphatic hydroxyl groups excluding tert-OH is 1. The zero-order valence-corrected chi connectivity index (χ0v) is 23.4. The van der Waals surface area contributed by atoms with Gasteiger partial charge in [-0.1, -0.05) is 20.8 Å². The van der Waals surface area contributed by atoms with Crippen molar-refractivity contribution in [1.82, 2.24) is 9.88 Å². The van der Waals surface area contributed by atoms with E-state index in [9.17, 15) is 9.90 Å². The molecule has 0 aliphatic heterocycles. The molecule has 2 aliphatic rings. The molecule has 4 rings (SSSR count). The first-order valence-corrected chi connectivity index (χ1v) is 13.9. The van der Waals surface area contributed by atoms with E-state index in [1.54, 1.807) is 25.6 Å². The number of hydrogen-bond acceptors (Lipinski definition) is 7. The lowest BCUT2D eigenvalue weighted by Gasteiger charge is -2.53. The number of thiazole rings is 1. The molecule has 1 saturated carbocycles. The van der Waals surface area contributed by atoms with Crippen LogP contribution in [0.25, 0.3) is 0 Å². The van der Waals surface area contributed by atoms with E-state index < -0.39 is 6.10 Å². The number of nitrogens with one attached hydrogen (secondary N) is 1. The van der Waals surface area contributed by atoms with Gasteiger partial charge in [0.05, 0.1) is 31.7 Å². The van der Waals surface area contributed by atoms with Crippen molar-refractivity contribution in [2.24, 2.45) is 23.2 Å². The molecule has 1 fully saturated rings. The topological polar surface area (TPSA) is 83.9 Å². The molecule has 7 nitrogen and oxygen atoms in total. The van der Waals surface area contributed by atoms with Gasteiger partial charge >= 0.3 is 0 Å². The van der Waals surface area contributed by atoms with Gasteiger partial charge in [0.2, 0.25) is 5.91 Å². The van der Waals surface area contributed by atoms with Gasteiger partial charge < -0.3 is 24.8 Å². The quantitative estimate of drug-likeness (QED) is 0.486. The minimum Gasteiger partial charge on any atom is -0.497 e. The molecular formula is C28H41N3O4S. The molecule has 0 bridgehead atoms. The molecule has 6 unspecified atom stereocenters. The van der Waals surface area contributed by atoms with Crippen LogP contribution in [0, 0.1) is 23.2 Å². The van der Waals surface area contributed by atoms with Gasteiger partial charge in [-0.05, 0) is 62.5 Å². The Balaban J connectivity index is 1.59. The van der Waals surface area contributed by atoms with Crippen LogP contribution in [0.15, 0.2) is 18.2 Å². The standard InChI is InChI=1S/C28H41N3O4S/c1-8-31(9-2)26(33)16(3)19-12-13-28(5)15-22-24(17(4)23(28)25(19)32)30-27(36-22)29-20-14-18(34-6)10-11-21(20)35-7/h10-11,14,16-17,19,23,25,32H,8-9,12-13,15H2,1-7H3,(H,29,30). The lowest BCUT2D eigenvalue weighted by Crippen LogP contribution is -2.53. The Hall–Kier alpha value is -2.32. The number of ether oxygens (including phenoxy) is 2. The van der Waals surface area contributed by atoms with Crippen molar-refractivity contribution in [1.29, 1.82) is 0 Å². The molecule has 1 heterocycles. The highest BCUT2D eigenvalue weighted by molar-refractivity contribution is 7.15. The summed E-state index contributed by atoms with van der Waals surface area (Å²) >= 11 is 1.68. The molecule has 2 aromatic rings. The molecule has 0 radical (unpaired) electrons. The molecule has 1 amide bonds. The maximum Gasteiger partial charge on any atom is 0.225 e. The van der Waals surface area contributed by atoms with E-state index in [2.05, 4.69) is 19.2 Å². The number of aliphatic hydroxyl groups is 1. The lowest BCUT2D eigenvalue weighted by molar-refractivity contribution is -0.144. The molecule has 6 atom stereocenters. The third-order valence-electron chi connectivity index (χ3n) is 8.68. The molecule has 2 aliphatic carbocycles. The van der Waals surface area contributed by atoms with E-state index in [-0.39, 0.29) is 35.0 Å². The summed E-state index contributed by atoms with van der Waals surface area (Å²) in [6, 6.07) is 5.66. The predicted molar refractivity (Wildman–Crippen MR) is 144 cm³/mol. The molecule has 198 valence electrons. The van der Waals surface area contributed by atoms with E-state index in [0.29, 0.717) is 13.1 Å². The minimum absolute atomic E-state index is 0.0161. The number of methoxy groups -OCH3 is 2. The zero-order chi connectivity index (χ0) is 26.2. The Morgan fingerprint density at radius 1 is 1.31 bits per heavy atom. The summed E-state index contributed by atoms with van der Waals surface area (Å²) in [7, 11) is 3.30. The fraction of sp³-hybridized carbons (Fsp3) is 0.643. The van der Waals surface area contributed by atoms with Crippen LogP contribution >= 0.6 is 11.3 Å². The molecule has 2 N–H and O–H groups in total. The molecule has 8 heteroatoms. The van der Waals surface area contributed by atoms with Crippen molar-refractivity contribution in [2.45, 2.75) is 65.9 Å². The molecule has 1 aromatic heterocycles. The average Bonchev–Trinajstić information content (AvgIpc) is 3.26. The number of aromatic nitrogens is 1. The summed E-state index contributed by atoms with van der Waals surface area (Å²) in [4.78, 5) is 21.3. The normalized spacial score (nSPS) is 28.0. The van der Waals surface area contributed by atoms with Gasteiger partial charge in [0, 0.05) is 35.9 Å². The van der Waals surface area contributed by atoms with Gasteiger partial charge in [-0.2, -0.15) is 0 Å². The first-order chi connectivity index (χ1) is 17.2. The van der Waals surface area contributed by atoms with Crippen LogP contribution in [0.4, 0.5) is 10.8 Å². The lowest BCUT2D eigenvalue weighted by atomic mass is 9.53. The van der Waals surface area contributed by atoms with Crippen LogP contribution in [0.5, 0.6) is 11.5 Å². The van der Waals surface area contributed by atoms with Gasteiger partial charge in [-0.15, -0.1) is 11.3 Å². The second kappa shape index (κ2) is 10.6. The van der Waals surface area contributed by atoms with E-state index in [0.717, 1.165) is 47.3 Å². The Bertz CT molecular complexity index is 1080. The Labute approximate surface area is 219 Å². The molecule has 0 saturated heterocycles. The number of carbonyl (C=O) groups excluding carboxylic acids is 1. The predicted octanol–water partition coefficient (Wildman–Crippen LogP) is 5.46. The van der Waals surface area contributed by atoms with Crippen molar-refractivity contribution in [2.75, 3.05) is 32.6 Å². The fourth-order valence-corrected chi connectivity index (χ4v) is 7.91. The highest BCUT2D eigenvalue weighted by Gasteiger charge is 2.54. The van der Waals surface area contributed by atoms with Gasteiger partial charge in [-0.3, -0.25) is 4.79 Å². The number of anilines is 2. The van der Waals surface area contributed by atoms with Crippen LogP contribution in [0.3, 0.4) is 0 Å². The van der Waals surface area contributed by atoms with Crippen LogP contribution in [-0.4, -0.2) is 54.3 Å². The summed E-state index contributed by atoms with van der Waals surface area (Å²) in [5.41, 5.74) is 1.86. The SMILES string of the molecule is CCN(CC)C(=O)C(C)C1CCC2(C)Cc3sc(Nc4cc(OC)ccc4OC)nc3C(C)C2C1O. The average molecular weight is 516 g/mol. The van der Waals surface area contributed by atoms with Crippen LogP contribution in [0.1, 0.15) is 63.9 Å². The van der Waals surface area contributed by atoms with Gasteiger partial charge in [-0.25, -0.2) is 4.98 Å². The first-order valence-electron chi connectivity index (χ1n) is 13.1. The van der Waals surface area contributed by atoms with E-state index >= 15 is 0 Å².